The van der Waals surface area contributed by atoms with Gasteiger partial charge in [-0.15, -0.1) is 5.10 Å². The molecule has 1 amide bonds. The summed E-state index contributed by atoms with van der Waals surface area (Å²) in [6.45, 7) is 4.28. The summed E-state index contributed by atoms with van der Waals surface area (Å²) in [5.74, 6) is 0.0183. The summed E-state index contributed by atoms with van der Waals surface area (Å²) in [7, 11) is 0. The normalized spacial score (nSPS) is 15.6. The van der Waals surface area contributed by atoms with E-state index in [-0.39, 0.29) is 11.7 Å². The number of carbonyl (C=O) groups excluding carboxylic acids is 1. The highest BCUT2D eigenvalue weighted by Gasteiger charge is 2.21. The first-order valence-corrected chi connectivity index (χ1v) is 8.30. The average Bonchev–Trinajstić information content (AvgIpc) is 3.11. The van der Waals surface area contributed by atoms with E-state index in [1.165, 1.54) is 6.07 Å². The maximum absolute atomic E-state index is 13.7. The number of aromatic nitrogens is 3. The Hall–Kier alpha value is -2.28. The van der Waals surface area contributed by atoms with Crippen LogP contribution >= 0.6 is 0 Å². The molecule has 0 aliphatic carbocycles. The van der Waals surface area contributed by atoms with Gasteiger partial charge in [-0.3, -0.25) is 14.4 Å². The summed E-state index contributed by atoms with van der Waals surface area (Å²) in [4.78, 5) is 16.3. The molecule has 2 aromatic rings. The topological polar surface area (TPSA) is 54.3 Å². The molecular formula is C17H22FN5O. The molecule has 0 atom stereocenters. The molecule has 1 fully saturated rings. The first kappa shape index (κ1) is 16.6. The van der Waals surface area contributed by atoms with Crippen molar-refractivity contribution in [3.05, 3.63) is 48.0 Å². The van der Waals surface area contributed by atoms with Crippen LogP contribution in [0, 0.1) is 5.82 Å². The fourth-order valence-electron chi connectivity index (χ4n) is 2.93. The van der Waals surface area contributed by atoms with E-state index >= 15 is 0 Å². The molecule has 128 valence electrons. The van der Waals surface area contributed by atoms with E-state index in [1.807, 2.05) is 17.0 Å². The second kappa shape index (κ2) is 8.01. The molecule has 1 aliphatic heterocycles. The zero-order chi connectivity index (χ0) is 16.8. The predicted octanol–water partition coefficient (Wildman–Crippen LogP) is 1.54. The predicted molar refractivity (Wildman–Crippen MR) is 87.5 cm³/mol. The Balaban J connectivity index is 1.39. The molecule has 0 spiro atoms. The van der Waals surface area contributed by atoms with Gasteiger partial charge in [-0.05, 0) is 12.5 Å². The van der Waals surface area contributed by atoms with Crippen LogP contribution in [0.25, 0.3) is 0 Å². The van der Waals surface area contributed by atoms with Crippen LogP contribution in [-0.4, -0.2) is 56.9 Å². The van der Waals surface area contributed by atoms with E-state index in [4.69, 9.17) is 0 Å². The van der Waals surface area contributed by atoms with Gasteiger partial charge in [-0.1, -0.05) is 23.4 Å². The summed E-state index contributed by atoms with van der Waals surface area (Å²) < 4.78 is 15.4. The van der Waals surface area contributed by atoms with Crippen molar-refractivity contribution in [1.82, 2.24) is 24.8 Å². The van der Waals surface area contributed by atoms with Crippen molar-refractivity contribution in [2.75, 3.05) is 26.2 Å². The number of hydrogen-bond acceptors (Lipinski definition) is 4. The monoisotopic (exact) mass is 331 g/mol. The van der Waals surface area contributed by atoms with Crippen molar-refractivity contribution in [3.63, 3.8) is 0 Å². The van der Waals surface area contributed by atoms with Crippen LogP contribution in [0.15, 0.2) is 36.7 Å². The van der Waals surface area contributed by atoms with E-state index in [1.54, 1.807) is 23.1 Å². The molecule has 0 unspecified atom stereocenters. The standard InChI is InChI=1S/C17H22FN5O/c18-16-5-2-1-4-15(16)14-21-10-12-22(13-11-21)17(24)6-3-8-23-9-7-19-20-23/h1-2,4-5,7,9H,3,6,8,10-14H2. The van der Waals surface area contributed by atoms with Crippen LogP contribution in [0.3, 0.4) is 0 Å². The Morgan fingerprint density at radius 3 is 2.67 bits per heavy atom. The summed E-state index contributed by atoms with van der Waals surface area (Å²) in [5.41, 5.74) is 0.713. The van der Waals surface area contributed by atoms with Crippen LogP contribution in [0.2, 0.25) is 0 Å². The Morgan fingerprint density at radius 2 is 1.96 bits per heavy atom. The van der Waals surface area contributed by atoms with Gasteiger partial charge in [0, 0.05) is 57.4 Å². The number of nitrogens with zero attached hydrogens (tertiary/aromatic N) is 5. The molecule has 1 aromatic heterocycles. The lowest BCUT2D eigenvalue weighted by atomic mass is 10.1. The van der Waals surface area contributed by atoms with Crippen molar-refractivity contribution < 1.29 is 9.18 Å². The minimum atomic E-state index is -0.163. The Bertz CT molecular complexity index is 653. The second-order valence-corrected chi connectivity index (χ2v) is 6.02. The van der Waals surface area contributed by atoms with Gasteiger partial charge in [-0.25, -0.2) is 4.39 Å². The number of halogens is 1. The molecule has 0 bridgehead atoms. The van der Waals surface area contributed by atoms with Crippen LogP contribution in [0.5, 0.6) is 0 Å². The van der Waals surface area contributed by atoms with Crippen LogP contribution < -0.4 is 0 Å². The number of benzene rings is 1. The molecule has 3 rings (SSSR count). The zero-order valence-corrected chi connectivity index (χ0v) is 13.6. The van der Waals surface area contributed by atoms with Gasteiger partial charge >= 0.3 is 0 Å². The first-order valence-electron chi connectivity index (χ1n) is 8.30. The van der Waals surface area contributed by atoms with Gasteiger partial charge < -0.3 is 4.90 Å². The number of aryl methyl sites for hydroxylation is 1. The summed E-state index contributed by atoms with van der Waals surface area (Å²) >= 11 is 0. The maximum Gasteiger partial charge on any atom is 0.222 e. The Kier molecular flexibility index (Phi) is 5.53. The number of carbonyl (C=O) groups is 1. The third-order valence-corrected chi connectivity index (χ3v) is 4.33. The maximum atomic E-state index is 13.7. The molecule has 2 heterocycles. The van der Waals surface area contributed by atoms with Gasteiger partial charge in [0.2, 0.25) is 5.91 Å². The molecule has 0 radical (unpaired) electrons. The molecular weight excluding hydrogens is 309 g/mol. The highest BCUT2D eigenvalue weighted by Crippen LogP contribution is 2.12. The molecule has 0 saturated carbocycles. The lowest BCUT2D eigenvalue weighted by molar-refractivity contribution is -0.133. The van der Waals surface area contributed by atoms with Crippen molar-refractivity contribution in [1.29, 1.82) is 0 Å². The van der Waals surface area contributed by atoms with Gasteiger partial charge in [0.25, 0.3) is 0 Å². The van der Waals surface area contributed by atoms with Crippen molar-refractivity contribution >= 4 is 5.91 Å². The minimum absolute atomic E-state index is 0.163. The van der Waals surface area contributed by atoms with Crippen molar-refractivity contribution in [3.8, 4) is 0 Å². The van der Waals surface area contributed by atoms with Gasteiger partial charge in [0.15, 0.2) is 0 Å². The van der Waals surface area contributed by atoms with Crippen LogP contribution in [0.4, 0.5) is 4.39 Å². The minimum Gasteiger partial charge on any atom is -0.340 e. The largest absolute Gasteiger partial charge is 0.340 e. The third-order valence-electron chi connectivity index (χ3n) is 4.33. The Morgan fingerprint density at radius 1 is 1.17 bits per heavy atom. The second-order valence-electron chi connectivity index (χ2n) is 6.02. The zero-order valence-electron chi connectivity index (χ0n) is 13.6. The van der Waals surface area contributed by atoms with Crippen LogP contribution in [0.1, 0.15) is 18.4 Å². The lowest BCUT2D eigenvalue weighted by Gasteiger charge is -2.34. The molecule has 1 aliphatic rings. The van der Waals surface area contributed by atoms with E-state index < -0.39 is 0 Å². The molecule has 7 heteroatoms. The number of amides is 1. The molecule has 6 nitrogen and oxygen atoms in total. The van der Waals surface area contributed by atoms with Crippen LogP contribution in [-0.2, 0) is 17.9 Å². The molecule has 1 saturated heterocycles. The molecule has 24 heavy (non-hydrogen) atoms. The van der Waals surface area contributed by atoms with E-state index in [0.717, 1.165) is 19.5 Å². The third kappa shape index (κ3) is 4.38. The van der Waals surface area contributed by atoms with E-state index in [0.29, 0.717) is 38.2 Å². The first-order chi connectivity index (χ1) is 11.7. The highest BCUT2D eigenvalue weighted by atomic mass is 19.1. The molecule has 1 aromatic carbocycles. The SMILES string of the molecule is O=C(CCCn1ccnn1)N1CCN(Cc2ccccc2F)CC1. The smallest absolute Gasteiger partial charge is 0.222 e. The van der Waals surface area contributed by atoms with Crippen molar-refractivity contribution in [2.24, 2.45) is 0 Å². The lowest BCUT2D eigenvalue weighted by Crippen LogP contribution is -2.48. The quantitative estimate of drug-likeness (QED) is 0.806. The number of hydrogen-bond donors (Lipinski definition) is 0. The fraction of sp³-hybridized carbons (Fsp3) is 0.471. The summed E-state index contributed by atoms with van der Waals surface area (Å²) in [5, 5.41) is 7.63. The van der Waals surface area contributed by atoms with Gasteiger partial charge in [0.1, 0.15) is 5.82 Å². The number of rotatable bonds is 6. The summed E-state index contributed by atoms with van der Waals surface area (Å²) in [6, 6.07) is 6.86. The average molecular weight is 331 g/mol. The van der Waals surface area contributed by atoms with Gasteiger partial charge in [-0.2, -0.15) is 0 Å². The fourth-order valence-corrected chi connectivity index (χ4v) is 2.93. The van der Waals surface area contributed by atoms with E-state index in [2.05, 4.69) is 15.2 Å². The summed E-state index contributed by atoms with van der Waals surface area (Å²) in [6.07, 6.45) is 4.72. The van der Waals surface area contributed by atoms with Crippen molar-refractivity contribution in [2.45, 2.75) is 25.9 Å². The Labute approximate surface area is 140 Å². The van der Waals surface area contributed by atoms with Gasteiger partial charge in [0.05, 0.1) is 6.20 Å². The highest BCUT2D eigenvalue weighted by molar-refractivity contribution is 5.76. The number of piperazine rings is 1. The molecule has 0 N–H and O–H groups in total. The van der Waals surface area contributed by atoms with E-state index in [9.17, 15) is 9.18 Å².